The summed E-state index contributed by atoms with van der Waals surface area (Å²) in [6, 6.07) is 0.366. The maximum atomic E-state index is 11.8. The van der Waals surface area contributed by atoms with Gasteiger partial charge < -0.3 is 15.7 Å². The standard InChI is InChI=1S/C14H28N2O2/c1-11(2)8-14(3,10-17)15-9-13(18)16-12-6-4-5-7-12/h11-12,15,17H,4-10H2,1-3H3,(H,16,18). The molecule has 1 unspecified atom stereocenters. The lowest BCUT2D eigenvalue weighted by Gasteiger charge is -2.30. The van der Waals surface area contributed by atoms with Crippen LogP contribution in [0.1, 0.15) is 52.9 Å². The number of hydrogen-bond donors (Lipinski definition) is 3. The monoisotopic (exact) mass is 256 g/mol. The molecule has 0 aliphatic heterocycles. The molecule has 18 heavy (non-hydrogen) atoms. The Morgan fingerprint density at radius 3 is 2.50 bits per heavy atom. The van der Waals surface area contributed by atoms with E-state index in [4.69, 9.17) is 0 Å². The number of nitrogens with one attached hydrogen (secondary N) is 2. The van der Waals surface area contributed by atoms with Gasteiger partial charge in [-0.05, 0) is 32.1 Å². The van der Waals surface area contributed by atoms with E-state index in [2.05, 4.69) is 24.5 Å². The molecule has 1 fully saturated rings. The molecule has 1 rings (SSSR count). The first kappa shape index (κ1) is 15.4. The third-order valence-electron chi connectivity index (χ3n) is 3.60. The number of hydrogen-bond acceptors (Lipinski definition) is 3. The largest absolute Gasteiger partial charge is 0.394 e. The molecule has 4 heteroatoms. The number of amides is 1. The molecule has 0 heterocycles. The highest BCUT2D eigenvalue weighted by Crippen LogP contribution is 2.18. The van der Waals surface area contributed by atoms with Gasteiger partial charge in [0.1, 0.15) is 0 Å². The van der Waals surface area contributed by atoms with E-state index >= 15 is 0 Å². The van der Waals surface area contributed by atoms with Gasteiger partial charge in [-0.15, -0.1) is 0 Å². The van der Waals surface area contributed by atoms with E-state index in [1.54, 1.807) is 0 Å². The van der Waals surface area contributed by atoms with Crippen LogP contribution < -0.4 is 10.6 Å². The highest BCUT2D eigenvalue weighted by atomic mass is 16.3. The summed E-state index contributed by atoms with van der Waals surface area (Å²) in [5.74, 6) is 0.540. The minimum absolute atomic E-state index is 0.0466. The van der Waals surface area contributed by atoms with Crippen molar-refractivity contribution in [3.63, 3.8) is 0 Å². The molecule has 1 amide bonds. The lowest BCUT2D eigenvalue weighted by Crippen LogP contribution is -2.51. The summed E-state index contributed by atoms with van der Waals surface area (Å²) in [6.07, 6.45) is 5.52. The molecule has 0 aromatic heterocycles. The summed E-state index contributed by atoms with van der Waals surface area (Å²) in [4.78, 5) is 11.8. The van der Waals surface area contributed by atoms with Gasteiger partial charge in [0.15, 0.2) is 0 Å². The average Bonchev–Trinajstić information content (AvgIpc) is 2.78. The van der Waals surface area contributed by atoms with Crippen molar-refractivity contribution < 1.29 is 9.90 Å². The van der Waals surface area contributed by atoms with Gasteiger partial charge >= 0.3 is 0 Å². The van der Waals surface area contributed by atoms with Crippen LogP contribution in [0.5, 0.6) is 0 Å². The van der Waals surface area contributed by atoms with Crippen molar-refractivity contribution in [1.82, 2.24) is 10.6 Å². The second kappa shape index (κ2) is 7.10. The minimum Gasteiger partial charge on any atom is -0.394 e. The number of aliphatic hydroxyl groups is 1. The molecular weight excluding hydrogens is 228 g/mol. The summed E-state index contributed by atoms with van der Waals surface area (Å²) in [7, 11) is 0. The van der Waals surface area contributed by atoms with E-state index in [0.717, 1.165) is 19.3 Å². The van der Waals surface area contributed by atoms with Crippen LogP contribution in [0.15, 0.2) is 0 Å². The maximum Gasteiger partial charge on any atom is 0.234 e. The van der Waals surface area contributed by atoms with Gasteiger partial charge in [0.25, 0.3) is 0 Å². The molecule has 0 bridgehead atoms. The van der Waals surface area contributed by atoms with Crippen LogP contribution in [0.25, 0.3) is 0 Å². The molecule has 0 saturated heterocycles. The van der Waals surface area contributed by atoms with Crippen molar-refractivity contribution in [3.05, 3.63) is 0 Å². The first-order valence-electron chi connectivity index (χ1n) is 7.10. The molecule has 3 N–H and O–H groups in total. The summed E-state index contributed by atoms with van der Waals surface area (Å²) in [6.45, 7) is 6.56. The fraction of sp³-hybridized carbons (Fsp3) is 0.929. The number of carbonyl (C=O) groups excluding carboxylic acids is 1. The fourth-order valence-electron chi connectivity index (χ4n) is 2.74. The molecule has 1 atom stereocenters. The van der Waals surface area contributed by atoms with E-state index in [1.807, 2.05) is 6.92 Å². The van der Waals surface area contributed by atoms with Gasteiger partial charge in [0.2, 0.25) is 5.91 Å². The molecule has 4 nitrogen and oxygen atoms in total. The van der Waals surface area contributed by atoms with Gasteiger partial charge in [-0.2, -0.15) is 0 Å². The Kier molecular flexibility index (Phi) is 6.09. The van der Waals surface area contributed by atoms with E-state index in [-0.39, 0.29) is 18.1 Å². The Hall–Kier alpha value is -0.610. The normalized spacial score (nSPS) is 20.1. The van der Waals surface area contributed by atoms with Crippen molar-refractivity contribution in [2.75, 3.05) is 13.2 Å². The zero-order valence-electron chi connectivity index (χ0n) is 12.0. The van der Waals surface area contributed by atoms with Gasteiger partial charge in [-0.3, -0.25) is 4.79 Å². The SMILES string of the molecule is CC(C)CC(C)(CO)NCC(=O)NC1CCCC1. The number of carbonyl (C=O) groups is 1. The zero-order valence-corrected chi connectivity index (χ0v) is 12.0. The Morgan fingerprint density at radius 2 is 2.00 bits per heavy atom. The Bertz CT molecular complexity index is 263. The van der Waals surface area contributed by atoms with Crippen molar-refractivity contribution >= 4 is 5.91 Å². The summed E-state index contributed by atoms with van der Waals surface area (Å²) in [5.41, 5.74) is -0.360. The highest BCUT2D eigenvalue weighted by Gasteiger charge is 2.25. The highest BCUT2D eigenvalue weighted by molar-refractivity contribution is 5.78. The number of rotatable bonds is 7. The molecule has 0 aromatic carbocycles. The van der Waals surface area contributed by atoms with Crippen LogP contribution in [0, 0.1) is 5.92 Å². The summed E-state index contributed by atoms with van der Waals surface area (Å²) < 4.78 is 0. The lowest BCUT2D eigenvalue weighted by atomic mass is 9.91. The van der Waals surface area contributed by atoms with Gasteiger partial charge in [-0.1, -0.05) is 26.7 Å². The lowest BCUT2D eigenvalue weighted by molar-refractivity contribution is -0.121. The molecular formula is C14H28N2O2. The van der Waals surface area contributed by atoms with Crippen molar-refractivity contribution in [3.8, 4) is 0 Å². The molecule has 1 aliphatic carbocycles. The molecule has 0 radical (unpaired) electrons. The Labute approximate surface area is 111 Å². The smallest absolute Gasteiger partial charge is 0.234 e. The first-order valence-corrected chi connectivity index (χ1v) is 7.10. The topological polar surface area (TPSA) is 61.4 Å². The molecule has 106 valence electrons. The Morgan fingerprint density at radius 1 is 1.39 bits per heavy atom. The quantitative estimate of drug-likeness (QED) is 0.646. The van der Waals surface area contributed by atoms with Crippen LogP contribution in [-0.4, -0.2) is 35.7 Å². The maximum absolute atomic E-state index is 11.8. The summed E-state index contributed by atoms with van der Waals surface area (Å²) in [5, 5.41) is 15.7. The summed E-state index contributed by atoms with van der Waals surface area (Å²) >= 11 is 0. The van der Waals surface area contributed by atoms with E-state index in [9.17, 15) is 9.90 Å². The van der Waals surface area contributed by atoms with E-state index in [0.29, 0.717) is 18.5 Å². The van der Waals surface area contributed by atoms with Crippen LogP contribution in [0.4, 0.5) is 0 Å². The van der Waals surface area contributed by atoms with Gasteiger partial charge in [0.05, 0.1) is 13.2 Å². The van der Waals surface area contributed by atoms with Crippen LogP contribution in [0.2, 0.25) is 0 Å². The van der Waals surface area contributed by atoms with Crippen molar-refractivity contribution in [1.29, 1.82) is 0 Å². The number of aliphatic hydroxyl groups excluding tert-OH is 1. The second-order valence-electron chi connectivity index (χ2n) is 6.22. The molecule has 0 aromatic rings. The fourth-order valence-corrected chi connectivity index (χ4v) is 2.74. The third kappa shape index (κ3) is 5.36. The first-order chi connectivity index (χ1) is 8.45. The Balaban J connectivity index is 2.30. The molecule has 0 spiro atoms. The molecule has 1 aliphatic rings. The van der Waals surface area contributed by atoms with Crippen molar-refractivity contribution in [2.45, 2.75) is 64.5 Å². The van der Waals surface area contributed by atoms with Crippen molar-refractivity contribution in [2.24, 2.45) is 5.92 Å². The van der Waals surface area contributed by atoms with E-state index in [1.165, 1.54) is 12.8 Å². The predicted octanol–water partition coefficient (Wildman–Crippen LogP) is 1.43. The van der Waals surface area contributed by atoms with Crippen LogP contribution in [0.3, 0.4) is 0 Å². The molecule has 1 saturated carbocycles. The van der Waals surface area contributed by atoms with E-state index < -0.39 is 0 Å². The van der Waals surface area contributed by atoms with Crippen LogP contribution >= 0.6 is 0 Å². The zero-order chi connectivity index (χ0) is 13.6. The van der Waals surface area contributed by atoms with Gasteiger partial charge in [0, 0.05) is 11.6 Å². The van der Waals surface area contributed by atoms with Crippen LogP contribution in [-0.2, 0) is 4.79 Å². The van der Waals surface area contributed by atoms with Gasteiger partial charge in [-0.25, -0.2) is 0 Å². The third-order valence-corrected chi connectivity index (χ3v) is 3.60. The second-order valence-corrected chi connectivity index (χ2v) is 6.22. The predicted molar refractivity (Wildman–Crippen MR) is 73.3 cm³/mol. The average molecular weight is 256 g/mol. The minimum atomic E-state index is -0.360.